The number of nitrogens with one attached hydrogen (secondary N) is 2. The quantitative estimate of drug-likeness (QED) is 0.778. The molecule has 7 heteroatoms. The molecule has 0 aliphatic heterocycles. The summed E-state index contributed by atoms with van der Waals surface area (Å²) in [5.74, 6) is 0.324. The van der Waals surface area contributed by atoms with Crippen LogP contribution in [0.5, 0.6) is 0 Å². The summed E-state index contributed by atoms with van der Waals surface area (Å²) in [6.45, 7) is 0. The molecule has 1 aromatic carbocycles. The minimum Gasteiger partial charge on any atom is -0.391 e. The third-order valence-electron chi connectivity index (χ3n) is 3.80. The fraction of sp³-hybridized carbons (Fsp3) is 0.429. The lowest BCUT2D eigenvalue weighted by Crippen LogP contribution is -2.45. The lowest BCUT2D eigenvalue weighted by Gasteiger charge is -2.28. The maximum atomic E-state index is 12.2. The zero-order valence-corrected chi connectivity index (χ0v) is 11.5. The molecular formula is C14H17N5O2. The van der Waals surface area contributed by atoms with E-state index in [0.29, 0.717) is 11.4 Å². The number of aliphatic hydroxyl groups is 1. The Kier molecular flexibility index (Phi) is 3.92. The number of carbonyl (C=O) groups is 1. The Bertz CT molecular complexity index is 596. The molecule has 2 aromatic rings. The fourth-order valence-electron chi connectivity index (χ4n) is 2.59. The second-order valence-electron chi connectivity index (χ2n) is 5.24. The lowest BCUT2D eigenvalue weighted by atomic mass is 9.92. The van der Waals surface area contributed by atoms with Gasteiger partial charge in [0, 0.05) is 11.1 Å². The van der Waals surface area contributed by atoms with Crippen LogP contribution in [0, 0.1) is 0 Å². The van der Waals surface area contributed by atoms with Crippen molar-refractivity contribution in [3.63, 3.8) is 0 Å². The second-order valence-corrected chi connectivity index (χ2v) is 5.24. The molecule has 21 heavy (non-hydrogen) atoms. The van der Waals surface area contributed by atoms with Gasteiger partial charge in [0.15, 0.2) is 0 Å². The Labute approximate surface area is 121 Å². The molecule has 1 aliphatic carbocycles. The largest absolute Gasteiger partial charge is 0.391 e. The second kappa shape index (κ2) is 6.01. The number of aromatic nitrogens is 4. The zero-order valence-electron chi connectivity index (χ0n) is 11.5. The first kappa shape index (κ1) is 13.7. The van der Waals surface area contributed by atoms with Crippen molar-refractivity contribution in [1.82, 2.24) is 25.9 Å². The number of amides is 1. The van der Waals surface area contributed by atoms with Gasteiger partial charge in [-0.2, -0.15) is 5.21 Å². The van der Waals surface area contributed by atoms with Gasteiger partial charge in [0.05, 0.1) is 12.1 Å². The summed E-state index contributed by atoms with van der Waals surface area (Å²) in [5.41, 5.74) is 1.35. The summed E-state index contributed by atoms with van der Waals surface area (Å²) < 4.78 is 0. The van der Waals surface area contributed by atoms with Crippen LogP contribution in [0.3, 0.4) is 0 Å². The summed E-state index contributed by atoms with van der Waals surface area (Å²) in [7, 11) is 0. The molecule has 0 unspecified atom stereocenters. The number of tetrazole rings is 1. The molecule has 1 fully saturated rings. The average Bonchev–Trinajstić information content (AvgIpc) is 3.04. The van der Waals surface area contributed by atoms with Crippen molar-refractivity contribution in [1.29, 1.82) is 0 Å². The number of rotatable bonds is 3. The van der Waals surface area contributed by atoms with Crippen LogP contribution >= 0.6 is 0 Å². The van der Waals surface area contributed by atoms with Crippen molar-refractivity contribution in [2.45, 2.75) is 37.8 Å². The molecule has 3 rings (SSSR count). The number of benzene rings is 1. The Morgan fingerprint density at radius 3 is 2.67 bits per heavy atom. The SMILES string of the molecule is O=C(N[C@H]1CCCC[C@@H]1O)c1ccc(-c2nn[nH]n2)cc1. The first-order valence-corrected chi connectivity index (χ1v) is 7.07. The van der Waals surface area contributed by atoms with E-state index >= 15 is 0 Å². The van der Waals surface area contributed by atoms with Crippen molar-refractivity contribution in [2.75, 3.05) is 0 Å². The summed E-state index contributed by atoms with van der Waals surface area (Å²) in [6, 6.07) is 6.84. The Hall–Kier alpha value is -2.28. The topological polar surface area (TPSA) is 104 Å². The van der Waals surface area contributed by atoms with Crippen molar-refractivity contribution in [3.05, 3.63) is 29.8 Å². The van der Waals surface area contributed by atoms with Gasteiger partial charge in [-0.3, -0.25) is 4.79 Å². The third kappa shape index (κ3) is 3.08. The normalized spacial score (nSPS) is 22.0. The van der Waals surface area contributed by atoms with E-state index in [2.05, 4.69) is 25.9 Å². The molecule has 0 spiro atoms. The number of hydrogen-bond donors (Lipinski definition) is 3. The number of hydrogen-bond acceptors (Lipinski definition) is 5. The molecule has 1 aliphatic rings. The van der Waals surface area contributed by atoms with Crippen LogP contribution in [0.4, 0.5) is 0 Å². The maximum absolute atomic E-state index is 12.2. The van der Waals surface area contributed by atoms with E-state index in [1.54, 1.807) is 24.3 Å². The highest BCUT2D eigenvalue weighted by Gasteiger charge is 2.24. The summed E-state index contributed by atoms with van der Waals surface area (Å²) in [5, 5.41) is 26.4. The van der Waals surface area contributed by atoms with Gasteiger partial charge < -0.3 is 10.4 Å². The van der Waals surface area contributed by atoms with Crippen molar-refractivity contribution in [3.8, 4) is 11.4 Å². The van der Waals surface area contributed by atoms with Crippen molar-refractivity contribution < 1.29 is 9.90 Å². The molecule has 1 aromatic heterocycles. The Morgan fingerprint density at radius 1 is 1.24 bits per heavy atom. The third-order valence-corrected chi connectivity index (χ3v) is 3.80. The highest BCUT2D eigenvalue weighted by atomic mass is 16.3. The highest BCUT2D eigenvalue weighted by molar-refractivity contribution is 5.94. The van der Waals surface area contributed by atoms with E-state index in [1.807, 2.05) is 0 Å². The first-order valence-electron chi connectivity index (χ1n) is 7.07. The van der Waals surface area contributed by atoms with Gasteiger partial charge in [-0.25, -0.2) is 0 Å². The van der Waals surface area contributed by atoms with E-state index in [1.165, 1.54) is 0 Å². The van der Waals surface area contributed by atoms with Gasteiger partial charge in [-0.1, -0.05) is 25.0 Å². The number of H-pyrrole nitrogens is 1. The molecule has 0 saturated heterocycles. The van der Waals surface area contributed by atoms with Crippen LogP contribution in [0.2, 0.25) is 0 Å². The van der Waals surface area contributed by atoms with Gasteiger partial charge >= 0.3 is 0 Å². The predicted molar refractivity (Wildman–Crippen MR) is 75.3 cm³/mol. The number of nitrogens with zero attached hydrogens (tertiary/aromatic N) is 3. The summed E-state index contributed by atoms with van der Waals surface area (Å²) in [4.78, 5) is 12.2. The smallest absolute Gasteiger partial charge is 0.251 e. The van der Waals surface area contributed by atoms with Gasteiger partial charge in [0.1, 0.15) is 0 Å². The molecule has 1 heterocycles. The van der Waals surface area contributed by atoms with Crippen LogP contribution in [0.25, 0.3) is 11.4 Å². The molecular weight excluding hydrogens is 270 g/mol. The minimum atomic E-state index is -0.443. The van der Waals surface area contributed by atoms with E-state index in [4.69, 9.17) is 0 Å². The van der Waals surface area contributed by atoms with Crippen LogP contribution in [0.15, 0.2) is 24.3 Å². The van der Waals surface area contributed by atoms with Gasteiger partial charge in [0.2, 0.25) is 5.82 Å². The van der Waals surface area contributed by atoms with E-state index in [-0.39, 0.29) is 11.9 Å². The molecule has 0 radical (unpaired) electrons. The Morgan fingerprint density at radius 2 is 2.00 bits per heavy atom. The Balaban J connectivity index is 1.67. The molecule has 110 valence electrons. The lowest BCUT2D eigenvalue weighted by molar-refractivity contribution is 0.0717. The molecule has 3 N–H and O–H groups in total. The first-order chi connectivity index (χ1) is 10.2. The predicted octanol–water partition coefficient (Wildman–Crippen LogP) is 0.900. The van der Waals surface area contributed by atoms with E-state index < -0.39 is 6.10 Å². The van der Waals surface area contributed by atoms with Gasteiger partial charge in [0.25, 0.3) is 5.91 Å². The van der Waals surface area contributed by atoms with Crippen LogP contribution in [-0.2, 0) is 0 Å². The molecule has 7 nitrogen and oxygen atoms in total. The van der Waals surface area contributed by atoms with Crippen LogP contribution in [0.1, 0.15) is 36.0 Å². The average molecular weight is 287 g/mol. The number of aromatic amines is 1. The van der Waals surface area contributed by atoms with Crippen molar-refractivity contribution >= 4 is 5.91 Å². The number of aliphatic hydroxyl groups excluding tert-OH is 1. The molecule has 2 atom stereocenters. The minimum absolute atomic E-state index is 0.150. The molecule has 0 bridgehead atoms. The zero-order chi connectivity index (χ0) is 14.7. The summed E-state index contributed by atoms with van der Waals surface area (Å²) in [6.07, 6.45) is 3.20. The van der Waals surface area contributed by atoms with Crippen molar-refractivity contribution in [2.24, 2.45) is 0 Å². The highest BCUT2D eigenvalue weighted by Crippen LogP contribution is 2.19. The maximum Gasteiger partial charge on any atom is 0.251 e. The molecule has 1 amide bonds. The van der Waals surface area contributed by atoms with Crippen LogP contribution < -0.4 is 5.32 Å². The van der Waals surface area contributed by atoms with E-state index in [0.717, 1.165) is 31.2 Å². The van der Waals surface area contributed by atoms with Gasteiger partial charge in [-0.15, -0.1) is 10.2 Å². The fourth-order valence-corrected chi connectivity index (χ4v) is 2.59. The standard InChI is InChI=1S/C14H17N5O2/c20-12-4-2-1-3-11(12)15-14(21)10-7-5-9(6-8-10)13-16-18-19-17-13/h5-8,11-12,20H,1-4H2,(H,15,21)(H,16,17,18,19)/t11-,12-/m0/s1. The monoisotopic (exact) mass is 287 g/mol. The summed E-state index contributed by atoms with van der Waals surface area (Å²) >= 11 is 0. The van der Waals surface area contributed by atoms with E-state index in [9.17, 15) is 9.90 Å². The molecule has 1 saturated carbocycles. The number of carbonyl (C=O) groups excluding carboxylic acids is 1. The van der Waals surface area contributed by atoms with Crippen LogP contribution in [-0.4, -0.2) is 43.8 Å². The van der Waals surface area contributed by atoms with Gasteiger partial charge in [-0.05, 0) is 30.2 Å².